The van der Waals surface area contributed by atoms with Gasteiger partial charge in [-0.25, -0.2) is 0 Å². The summed E-state index contributed by atoms with van der Waals surface area (Å²) in [6, 6.07) is 0. The van der Waals surface area contributed by atoms with Crippen molar-refractivity contribution in [3.8, 4) is 0 Å². The second-order valence-corrected chi connectivity index (χ2v) is 4.22. The van der Waals surface area contributed by atoms with E-state index in [1.54, 1.807) is 0 Å². The van der Waals surface area contributed by atoms with Crippen molar-refractivity contribution in [2.75, 3.05) is 6.61 Å². The summed E-state index contributed by atoms with van der Waals surface area (Å²) in [7, 11) is 0. The first kappa shape index (κ1) is 16.7. The first-order chi connectivity index (χ1) is 9.85. The lowest BCUT2D eigenvalue weighted by atomic mass is 10.0. The topological polar surface area (TPSA) is 137 Å². The molecule has 0 spiro atoms. The molecule has 1 heterocycles. The van der Waals surface area contributed by atoms with Gasteiger partial charge in [0.1, 0.15) is 0 Å². The third kappa shape index (κ3) is 4.93. The molecule has 0 aliphatic carbocycles. The lowest BCUT2D eigenvalue weighted by Crippen LogP contribution is -2.56. The summed E-state index contributed by atoms with van der Waals surface area (Å²) in [5.74, 6) is -1.98. The van der Waals surface area contributed by atoms with Crippen LogP contribution in [0.5, 0.6) is 0 Å². The van der Waals surface area contributed by atoms with Gasteiger partial charge in [0.05, 0.1) is 6.61 Å². The van der Waals surface area contributed by atoms with E-state index >= 15 is 0 Å². The number of rotatable bonds is 4. The Hall–Kier alpha value is -2.32. The molecule has 10 nitrogen and oxygen atoms in total. The third-order valence-corrected chi connectivity index (χ3v) is 2.49. The molecule has 10 heteroatoms. The van der Waals surface area contributed by atoms with Gasteiger partial charge in [-0.1, -0.05) is 5.11 Å². The Morgan fingerprint density at radius 2 is 1.57 bits per heavy atom. The number of azide groups is 1. The summed E-state index contributed by atoms with van der Waals surface area (Å²) in [6.07, 6.45) is -4.49. The number of hydrogen-bond acceptors (Lipinski definition) is 8. The number of nitrogens with zero attached hydrogens (tertiary/aromatic N) is 3. The van der Waals surface area contributed by atoms with E-state index in [0.717, 1.165) is 13.8 Å². The molecule has 0 radical (unpaired) electrons. The Labute approximate surface area is 119 Å². The van der Waals surface area contributed by atoms with Gasteiger partial charge in [0.25, 0.3) is 0 Å². The molecule has 0 aromatic rings. The minimum Gasteiger partial charge on any atom is -0.456 e. The summed E-state index contributed by atoms with van der Waals surface area (Å²) >= 11 is 0. The fraction of sp³-hybridized carbons (Fsp3) is 0.727. The van der Waals surface area contributed by atoms with Crippen molar-refractivity contribution in [3.05, 3.63) is 10.4 Å². The van der Waals surface area contributed by atoms with Crippen LogP contribution >= 0.6 is 0 Å². The van der Waals surface area contributed by atoms with Crippen LogP contribution < -0.4 is 0 Å². The molecule has 0 N–H and O–H groups in total. The molecule has 0 amide bonds. The summed E-state index contributed by atoms with van der Waals surface area (Å²) in [6.45, 7) is 3.28. The summed E-state index contributed by atoms with van der Waals surface area (Å²) in [5, 5.41) is 3.34. The highest BCUT2D eigenvalue weighted by molar-refractivity contribution is 5.68. The van der Waals surface area contributed by atoms with Gasteiger partial charge >= 0.3 is 17.9 Å². The van der Waals surface area contributed by atoms with E-state index in [-0.39, 0.29) is 6.61 Å². The molecule has 0 aromatic heterocycles. The van der Waals surface area contributed by atoms with Crippen LogP contribution in [0.15, 0.2) is 5.11 Å². The smallest absolute Gasteiger partial charge is 0.303 e. The average molecular weight is 301 g/mol. The Morgan fingerprint density at radius 3 is 2.05 bits per heavy atom. The fourth-order valence-corrected chi connectivity index (χ4v) is 1.87. The van der Waals surface area contributed by atoms with E-state index in [4.69, 9.17) is 24.5 Å². The van der Waals surface area contributed by atoms with Crippen LogP contribution in [0.3, 0.4) is 0 Å². The largest absolute Gasteiger partial charge is 0.456 e. The normalized spacial score (nSPS) is 28.0. The number of hydrogen-bond donors (Lipinski definition) is 0. The van der Waals surface area contributed by atoms with Gasteiger partial charge in [0.15, 0.2) is 24.5 Å². The third-order valence-electron chi connectivity index (χ3n) is 2.49. The van der Waals surface area contributed by atoms with Crippen LogP contribution in [0.25, 0.3) is 10.4 Å². The number of ether oxygens (including phenoxy) is 4. The SMILES string of the molecule is CC(=O)O[C@@H]1[C@@H](OC(C)=O)[C@@H](N=[N+]=[N-])OC[C@H]1OC(C)=O. The van der Waals surface area contributed by atoms with Crippen LogP contribution in [0, 0.1) is 0 Å². The Bertz CT molecular complexity index is 474. The van der Waals surface area contributed by atoms with Crippen LogP contribution in [-0.2, 0) is 33.3 Å². The quantitative estimate of drug-likeness (QED) is 0.241. The Balaban J connectivity index is 3.05. The molecular weight excluding hydrogens is 286 g/mol. The van der Waals surface area contributed by atoms with Crippen molar-refractivity contribution < 1.29 is 33.3 Å². The highest BCUT2D eigenvalue weighted by atomic mass is 16.6. The molecule has 0 bridgehead atoms. The van der Waals surface area contributed by atoms with Gasteiger partial charge in [-0.15, -0.1) is 0 Å². The predicted molar refractivity (Wildman–Crippen MR) is 65.5 cm³/mol. The maximum atomic E-state index is 11.2. The van der Waals surface area contributed by atoms with Crippen molar-refractivity contribution in [1.82, 2.24) is 0 Å². The standard InChI is InChI=1S/C11H15N3O7/c1-5(15)19-8-4-18-11(13-14-12)10(21-7(3)17)9(8)20-6(2)16/h8-11H,4H2,1-3H3/t8-,9+,10-,11+/m1/s1. The number of esters is 3. The zero-order valence-electron chi connectivity index (χ0n) is 11.7. The Kier molecular flexibility index (Phi) is 5.94. The molecule has 4 atom stereocenters. The van der Waals surface area contributed by atoms with Crippen molar-refractivity contribution in [2.24, 2.45) is 5.11 Å². The van der Waals surface area contributed by atoms with Gasteiger partial charge in [-0.3, -0.25) is 14.4 Å². The van der Waals surface area contributed by atoms with E-state index in [1.807, 2.05) is 0 Å². The molecule has 0 aromatic carbocycles. The zero-order chi connectivity index (χ0) is 16.0. The van der Waals surface area contributed by atoms with Crippen molar-refractivity contribution in [3.63, 3.8) is 0 Å². The minimum absolute atomic E-state index is 0.168. The first-order valence-electron chi connectivity index (χ1n) is 6.02. The van der Waals surface area contributed by atoms with Crippen LogP contribution in [0.2, 0.25) is 0 Å². The summed E-state index contributed by atoms with van der Waals surface area (Å²) < 4.78 is 20.2. The predicted octanol–water partition coefficient (Wildman–Crippen LogP) is 0.448. The fourth-order valence-electron chi connectivity index (χ4n) is 1.87. The highest BCUT2D eigenvalue weighted by Gasteiger charge is 2.46. The minimum atomic E-state index is -1.21. The van der Waals surface area contributed by atoms with Gasteiger partial charge in [0.2, 0.25) is 0 Å². The molecule has 1 aliphatic rings. The molecule has 21 heavy (non-hydrogen) atoms. The molecule has 1 rings (SSSR count). The van der Waals surface area contributed by atoms with Crippen molar-refractivity contribution in [2.45, 2.75) is 45.3 Å². The Morgan fingerprint density at radius 1 is 1.05 bits per heavy atom. The lowest BCUT2D eigenvalue weighted by Gasteiger charge is -2.38. The van der Waals surface area contributed by atoms with Crippen molar-refractivity contribution >= 4 is 17.9 Å². The van der Waals surface area contributed by atoms with Crippen molar-refractivity contribution in [1.29, 1.82) is 0 Å². The van der Waals surface area contributed by atoms with E-state index in [2.05, 4.69) is 10.0 Å². The monoisotopic (exact) mass is 301 g/mol. The molecule has 1 saturated heterocycles. The van der Waals surface area contributed by atoms with Crippen LogP contribution in [0.4, 0.5) is 0 Å². The highest BCUT2D eigenvalue weighted by Crippen LogP contribution is 2.25. The molecule has 0 unspecified atom stereocenters. The lowest BCUT2D eigenvalue weighted by molar-refractivity contribution is -0.224. The maximum absolute atomic E-state index is 11.2. The van der Waals surface area contributed by atoms with Crippen LogP contribution in [0.1, 0.15) is 20.8 Å². The van der Waals surface area contributed by atoms with Crippen LogP contribution in [-0.4, -0.2) is 49.1 Å². The number of carbonyl (C=O) groups excluding carboxylic acids is 3. The maximum Gasteiger partial charge on any atom is 0.303 e. The van der Waals surface area contributed by atoms with Gasteiger partial charge in [-0.05, 0) is 5.53 Å². The molecule has 1 fully saturated rings. The number of carbonyl (C=O) groups is 3. The molecule has 1 aliphatic heterocycles. The second kappa shape index (κ2) is 7.46. The van der Waals surface area contributed by atoms with E-state index < -0.39 is 42.4 Å². The first-order valence-corrected chi connectivity index (χ1v) is 6.02. The van der Waals surface area contributed by atoms with E-state index in [1.165, 1.54) is 6.92 Å². The second-order valence-electron chi connectivity index (χ2n) is 4.22. The summed E-state index contributed by atoms with van der Waals surface area (Å²) in [5.41, 5.74) is 8.49. The summed E-state index contributed by atoms with van der Waals surface area (Å²) in [4.78, 5) is 36.0. The molecule has 116 valence electrons. The van der Waals surface area contributed by atoms with Gasteiger partial charge in [0, 0.05) is 25.7 Å². The van der Waals surface area contributed by atoms with Gasteiger partial charge in [-0.2, -0.15) is 0 Å². The van der Waals surface area contributed by atoms with E-state index in [9.17, 15) is 14.4 Å². The van der Waals surface area contributed by atoms with Gasteiger partial charge < -0.3 is 18.9 Å². The molecular formula is C11H15N3O7. The van der Waals surface area contributed by atoms with E-state index in [0.29, 0.717) is 0 Å². The molecule has 0 saturated carbocycles. The zero-order valence-corrected chi connectivity index (χ0v) is 11.7. The average Bonchev–Trinajstić information content (AvgIpc) is 2.35.